The van der Waals surface area contributed by atoms with Gasteiger partial charge in [-0.25, -0.2) is 0 Å². The van der Waals surface area contributed by atoms with Gasteiger partial charge in [-0.3, -0.25) is 9.59 Å². The molecular formula is C12H22O6S2. The molecule has 0 unspecified atom stereocenters. The monoisotopic (exact) mass is 326 g/mol. The molecule has 0 bridgehead atoms. The van der Waals surface area contributed by atoms with Gasteiger partial charge in [-0.1, -0.05) is 0 Å². The Bertz CT molecular complexity index is 259. The van der Waals surface area contributed by atoms with Gasteiger partial charge < -0.3 is 18.9 Å². The average Bonchev–Trinajstić information content (AvgIpc) is 2.46. The summed E-state index contributed by atoms with van der Waals surface area (Å²) in [5.74, 6) is -1.26. The maximum absolute atomic E-state index is 11.6. The van der Waals surface area contributed by atoms with Crippen LogP contribution >= 0.6 is 25.3 Å². The molecule has 118 valence electrons. The summed E-state index contributed by atoms with van der Waals surface area (Å²) in [5, 5.41) is -1.97. The molecule has 0 aliphatic rings. The van der Waals surface area contributed by atoms with Gasteiger partial charge >= 0.3 is 11.9 Å². The van der Waals surface area contributed by atoms with Crippen molar-refractivity contribution in [2.24, 2.45) is 0 Å². The highest BCUT2D eigenvalue weighted by Crippen LogP contribution is 2.13. The Kier molecular flexibility index (Phi) is 12.0. The second-order valence-electron chi connectivity index (χ2n) is 3.62. The minimum Gasteiger partial charge on any atom is -0.462 e. The molecule has 0 saturated heterocycles. The summed E-state index contributed by atoms with van der Waals surface area (Å²) >= 11 is 8.05. The van der Waals surface area contributed by atoms with Crippen LogP contribution in [0.25, 0.3) is 0 Å². The molecule has 0 amide bonds. The third kappa shape index (κ3) is 8.68. The lowest BCUT2D eigenvalue weighted by Gasteiger charge is -2.16. The van der Waals surface area contributed by atoms with Gasteiger partial charge in [0.25, 0.3) is 0 Å². The van der Waals surface area contributed by atoms with E-state index in [0.29, 0.717) is 26.4 Å². The first-order valence-electron chi connectivity index (χ1n) is 6.39. The van der Waals surface area contributed by atoms with Gasteiger partial charge in [0.05, 0.1) is 13.2 Å². The quantitative estimate of drug-likeness (QED) is 0.332. The highest BCUT2D eigenvalue weighted by molar-refractivity contribution is 7.86. The number of carbonyl (C=O) groups is 2. The smallest absolute Gasteiger partial charge is 0.320 e. The van der Waals surface area contributed by atoms with E-state index in [1.807, 2.05) is 13.8 Å². The summed E-state index contributed by atoms with van der Waals surface area (Å²) in [6.45, 7) is 5.60. The van der Waals surface area contributed by atoms with Gasteiger partial charge in [0.1, 0.15) is 23.7 Å². The maximum Gasteiger partial charge on any atom is 0.320 e. The van der Waals surface area contributed by atoms with Crippen LogP contribution in [-0.2, 0) is 28.5 Å². The van der Waals surface area contributed by atoms with Crippen molar-refractivity contribution in [3.05, 3.63) is 0 Å². The number of hydrogen-bond donors (Lipinski definition) is 2. The normalized spacial score (nSPS) is 13.6. The van der Waals surface area contributed by atoms with Crippen molar-refractivity contribution in [1.82, 2.24) is 0 Å². The van der Waals surface area contributed by atoms with Gasteiger partial charge in [0, 0.05) is 13.2 Å². The lowest BCUT2D eigenvalue weighted by atomic mass is 10.3. The van der Waals surface area contributed by atoms with Crippen LogP contribution in [0.4, 0.5) is 0 Å². The first-order valence-corrected chi connectivity index (χ1v) is 7.42. The molecule has 0 rings (SSSR count). The number of rotatable bonds is 11. The first kappa shape index (κ1) is 19.6. The largest absolute Gasteiger partial charge is 0.462 e. The SMILES string of the molecule is CCOCCOC(=O)[C@@H](S)[C@@H](S)C(=O)OCCOCC. The van der Waals surface area contributed by atoms with Crippen molar-refractivity contribution < 1.29 is 28.5 Å². The molecule has 0 aromatic heterocycles. The summed E-state index contributed by atoms with van der Waals surface area (Å²) in [6, 6.07) is 0. The fraction of sp³-hybridized carbons (Fsp3) is 0.833. The van der Waals surface area contributed by atoms with E-state index in [0.717, 1.165) is 0 Å². The Morgan fingerprint density at radius 3 is 1.45 bits per heavy atom. The van der Waals surface area contributed by atoms with Gasteiger partial charge in [0.2, 0.25) is 0 Å². The molecule has 0 radical (unpaired) electrons. The molecule has 2 atom stereocenters. The zero-order valence-corrected chi connectivity index (χ0v) is 13.5. The first-order chi connectivity index (χ1) is 9.54. The van der Waals surface area contributed by atoms with Crippen LogP contribution in [0.1, 0.15) is 13.8 Å². The van der Waals surface area contributed by atoms with E-state index in [9.17, 15) is 9.59 Å². The molecule has 0 saturated carbocycles. The molecule has 0 aliphatic heterocycles. The topological polar surface area (TPSA) is 71.1 Å². The van der Waals surface area contributed by atoms with Crippen molar-refractivity contribution in [3.8, 4) is 0 Å². The Morgan fingerprint density at radius 2 is 1.15 bits per heavy atom. The zero-order valence-electron chi connectivity index (χ0n) is 11.7. The number of ether oxygens (including phenoxy) is 4. The predicted octanol–water partition coefficient (Wildman–Crippen LogP) is 0.743. The van der Waals surface area contributed by atoms with Gasteiger partial charge in [-0.15, -0.1) is 0 Å². The molecule has 0 spiro atoms. The summed E-state index contributed by atoms with van der Waals surface area (Å²) in [5.41, 5.74) is 0. The fourth-order valence-electron chi connectivity index (χ4n) is 1.12. The Labute approximate surface area is 130 Å². The van der Waals surface area contributed by atoms with Crippen LogP contribution < -0.4 is 0 Å². The van der Waals surface area contributed by atoms with Crippen LogP contribution in [0.5, 0.6) is 0 Å². The lowest BCUT2D eigenvalue weighted by molar-refractivity contribution is -0.150. The molecule has 0 fully saturated rings. The fourth-order valence-corrected chi connectivity index (χ4v) is 1.51. The molecule has 0 heterocycles. The van der Waals surface area contributed by atoms with Gasteiger partial charge in [0.15, 0.2) is 0 Å². The number of thiol groups is 2. The van der Waals surface area contributed by atoms with Crippen LogP contribution in [-0.4, -0.2) is 62.1 Å². The number of esters is 2. The zero-order chi connectivity index (χ0) is 15.4. The van der Waals surface area contributed by atoms with E-state index in [2.05, 4.69) is 25.3 Å². The number of carbonyl (C=O) groups excluding carboxylic acids is 2. The maximum atomic E-state index is 11.6. The molecule has 0 aliphatic carbocycles. The van der Waals surface area contributed by atoms with Crippen molar-refractivity contribution in [2.75, 3.05) is 39.6 Å². The molecule has 0 aromatic rings. The molecule has 6 nitrogen and oxygen atoms in total. The summed E-state index contributed by atoms with van der Waals surface area (Å²) in [4.78, 5) is 23.2. The highest BCUT2D eigenvalue weighted by atomic mass is 32.1. The Morgan fingerprint density at radius 1 is 0.800 bits per heavy atom. The third-order valence-corrected chi connectivity index (χ3v) is 3.39. The molecule has 8 heteroatoms. The summed E-state index contributed by atoms with van der Waals surface area (Å²) in [6.07, 6.45) is 0. The minimum absolute atomic E-state index is 0.115. The van der Waals surface area contributed by atoms with E-state index in [-0.39, 0.29) is 13.2 Å². The van der Waals surface area contributed by atoms with E-state index in [4.69, 9.17) is 18.9 Å². The summed E-state index contributed by atoms with van der Waals surface area (Å²) in [7, 11) is 0. The van der Waals surface area contributed by atoms with E-state index >= 15 is 0 Å². The molecule has 0 aromatic carbocycles. The van der Waals surface area contributed by atoms with Crippen LogP contribution in [0.15, 0.2) is 0 Å². The third-order valence-electron chi connectivity index (χ3n) is 2.13. The van der Waals surface area contributed by atoms with Crippen LogP contribution in [0.3, 0.4) is 0 Å². The van der Waals surface area contributed by atoms with Crippen LogP contribution in [0.2, 0.25) is 0 Å². The van der Waals surface area contributed by atoms with E-state index in [1.54, 1.807) is 0 Å². The van der Waals surface area contributed by atoms with Crippen LogP contribution in [0, 0.1) is 0 Å². The lowest BCUT2D eigenvalue weighted by Crippen LogP contribution is -2.35. The highest BCUT2D eigenvalue weighted by Gasteiger charge is 2.30. The minimum atomic E-state index is -0.987. The van der Waals surface area contributed by atoms with Gasteiger partial charge in [-0.05, 0) is 13.8 Å². The van der Waals surface area contributed by atoms with Crippen molar-refractivity contribution in [1.29, 1.82) is 0 Å². The Balaban J connectivity index is 3.95. The Hall–Kier alpha value is -0.440. The van der Waals surface area contributed by atoms with E-state index in [1.165, 1.54) is 0 Å². The second-order valence-corrected chi connectivity index (χ2v) is 4.73. The predicted molar refractivity (Wildman–Crippen MR) is 80.5 cm³/mol. The number of hydrogen-bond acceptors (Lipinski definition) is 8. The molecule has 20 heavy (non-hydrogen) atoms. The van der Waals surface area contributed by atoms with Crippen molar-refractivity contribution >= 4 is 37.2 Å². The average molecular weight is 326 g/mol. The summed E-state index contributed by atoms with van der Waals surface area (Å²) < 4.78 is 19.8. The van der Waals surface area contributed by atoms with Crippen molar-refractivity contribution in [3.63, 3.8) is 0 Å². The molecular weight excluding hydrogens is 304 g/mol. The molecule has 0 N–H and O–H groups in total. The second kappa shape index (κ2) is 12.3. The van der Waals surface area contributed by atoms with Crippen molar-refractivity contribution in [2.45, 2.75) is 24.3 Å². The van der Waals surface area contributed by atoms with Gasteiger partial charge in [-0.2, -0.15) is 25.3 Å². The standard InChI is InChI=1S/C12H22O6S2/c1-3-15-5-7-17-11(13)9(19)10(20)12(14)18-8-6-16-4-2/h9-10,19-20H,3-8H2,1-2H3/t9-,10+. The van der Waals surface area contributed by atoms with E-state index < -0.39 is 22.4 Å².